The summed E-state index contributed by atoms with van der Waals surface area (Å²) in [6, 6.07) is 17.0. The number of hydrogen-bond donors (Lipinski definition) is 2. The van der Waals surface area contributed by atoms with E-state index in [0.29, 0.717) is 0 Å². The lowest BCUT2D eigenvalue weighted by Crippen LogP contribution is -2.20. The Morgan fingerprint density at radius 2 is 1.91 bits per heavy atom. The molecule has 0 radical (unpaired) electrons. The number of anilines is 1. The maximum Gasteiger partial charge on any atom is 0.226 e. The molecule has 1 heterocycles. The van der Waals surface area contributed by atoms with E-state index in [1.165, 1.54) is 0 Å². The molecule has 0 aliphatic rings. The number of nitrogens with zero attached hydrogens (tertiary/aromatic N) is 1. The van der Waals surface area contributed by atoms with E-state index in [9.17, 15) is 4.79 Å². The summed E-state index contributed by atoms with van der Waals surface area (Å²) in [4.78, 5) is 16.2. The average Bonchev–Trinajstić information content (AvgIpc) is 2.55. The Morgan fingerprint density at radius 3 is 2.73 bits per heavy atom. The molecule has 2 aromatic carbocycles. The van der Waals surface area contributed by atoms with E-state index in [0.717, 1.165) is 22.0 Å². The SMILES string of the molecule is N[C@@H](CC(=O)Nc1ccc2cnccc2c1)c1ccccc1. The van der Waals surface area contributed by atoms with Gasteiger partial charge in [-0.15, -0.1) is 0 Å². The van der Waals surface area contributed by atoms with Crippen LogP contribution in [0.2, 0.25) is 0 Å². The summed E-state index contributed by atoms with van der Waals surface area (Å²) in [5.41, 5.74) is 7.80. The van der Waals surface area contributed by atoms with Crippen LogP contribution in [0.25, 0.3) is 10.8 Å². The summed E-state index contributed by atoms with van der Waals surface area (Å²) >= 11 is 0. The molecule has 1 atom stereocenters. The van der Waals surface area contributed by atoms with Crippen LogP contribution < -0.4 is 11.1 Å². The van der Waals surface area contributed by atoms with Crippen molar-refractivity contribution >= 4 is 22.4 Å². The van der Waals surface area contributed by atoms with Crippen LogP contribution in [0.5, 0.6) is 0 Å². The second-order valence-corrected chi connectivity index (χ2v) is 5.21. The van der Waals surface area contributed by atoms with Gasteiger partial charge in [0.05, 0.1) is 0 Å². The molecule has 4 heteroatoms. The summed E-state index contributed by atoms with van der Waals surface area (Å²) in [6.07, 6.45) is 3.78. The highest BCUT2D eigenvalue weighted by atomic mass is 16.1. The molecule has 1 aromatic heterocycles. The third-order valence-electron chi connectivity index (χ3n) is 3.56. The molecule has 0 unspecified atom stereocenters. The Bertz CT molecular complexity index is 786. The molecule has 4 nitrogen and oxygen atoms in total. The summed E-state index contributed by atoms with van der Waals surface area (Å²) in [5.74, 6) is -0.0928. The zero-order chi connectivity index (χ0) is 15.4. The van der Waals surface area contributed by atoms with Crippen molar-refractivity contribution in [1.29, 1.82) is 0 Å². The highest BCUT2D eigenvalue weighted by Gasteiger charge is 2.11. The molecule has 0 saturated heterocycles. The molecule has 0 spiro atoms. The van der Waals surface area contributed by atoms with Gasteiger partial charge in [0.25, 0.3) is 0 Å². The van der Waals surface area contributed by atoms with Gasteiger partial charge in [0.15, 0.2) is 0 Å². The largest absolute Gasteiger partial charge is 0.326 e. The van der Waals surface area contributed by atoms with Gasteiger partial charge in [0.1, 0.15) is 0 Å². The predicted octanol–water partition coefficient (Wildman–Crippen LogP) is 3.26. The average molecular weight is 291 g/mol. The number of aromatic nitrogens is 1. The molecule has 0 saturated carbocycles. The number of hydrogen-bond acceptors (Lipinski definition) is 3. The van der Waals surface area contributed by atoms with Crippen molar-refractivity contribution < 1.29 is 4.79 Å². The van der Waals surface area contributed by atoms with Gasteiger partial charge >= 0.3 is 0 Å². The van der Waals surface area contributed by atoms with Gasteiger partial charge in [-0.2, -0.15) is 0 Å². The van der Waals surface area contributed by atoms with Gasteiger partial charge in [-0.1, -0.05) is 36.4 Å². The Hall–Kier alpha value is -2.72. The summed E-state index contributed by atoms with van der Waals surface area (Å²) < 4.78 is 0. The number of carbonyl (C=O) groups excluding carboxylic acids is 1. The Labute approximate surface area is 129 Å². The van der Waals surface area contributed by atoms with Crippen LogP contribution >= 0.6 is 0 Å². The molecule has 22 heavy (non-hydrogen) atoms. The van der Waals surface area contributed by atoms with Crippen LogP contribution in [0.4, 0.5) is 5.69 Å². The minimum Gasteiger partial charge on any atom is -0.326 e. The van der Waals surface area contributed by atoms with Crippen molar-refractivity contribution in [2.75, 3.05) is 5.32 Å². The number of carbonyl (C=O) groups is 1. The topological polar surface area (TPSA) is 68.0 Å². The molecular weight excluding hydrogens is 274 g/mol. The van der Waals surface area contributed by atoms with Gasteiger partial charge in [-0.25, -0.2) is 0 Å². The van der Waals surface area contributed by atoms with Crippen molar-refractivity contribution in [3.63, 3.8) is 0 Å². The van der Waals surface area contributed by atoms with E-state index in [2.05, 4.69) is 10.3 Å². The minimum atomic E-state index is -0.300. The maximum atomic E-state index is 12.1. The number of benzene rings is 2. The normalized spacial score (nSPS) is 12.0. The third-order valence-corrected chi connectivity index (χ3v) is 3.56. The second-order valence-electron chi connectivity index (χ2n) is 5.21. The fraction of sp³-hybridized carbons (Fsp3) is 0.111. The number of pyridine rings is 1. The first-order valence-corrected chi connectivity index (χ1v) is 7.16. The van der Waals surface area contributed by atoms with Crippen LogP contribution in [-0.4, -0.2) is 10.9 Å². The number of nitrogens with one attached hydrogen (secondary N) is 1. The van der Waals surface area contributed by atoms with E-state index in [-0.39, 0.29) is 18.4 Å². The van der Waals surface area contributed by atoms with Gasteiger partial charge < -0.3 is 11.1 Å². The highest BCUT2D eigenvalue weighted by Crippen LogP contribution is 2.19. The van der Waals surface area contributed by atoms with Gasteiger partial charge in [0, 0.05) is 35.9 Å². The zero-order valence-corrected chi connectivity index (χ0v) is 12.1. The smallest absolute Gasteiger partial charge is 0.226 e. The van der Waals surface area contributed by atoms with E-state index >= 15 is 0 Å². The molecule has 3 N–H and O–H groups in total. The molecule has 3 aromatic rings. The molecule has 110 valence electrons. The first kappa shape index (κ1) is 14.2. The molecular formula is C18H17N3O. The fourth-order valence-corrected chi connectivity index (χ4v) is 2.39. The van der Waals surface area contributed by atoms with Crippen LogP contribution in [0.15, 0.2) is 67.0 Å². The minimum absolute atomic E-state index is 0.0928. The Balaban J connectivity index is 1.68. The lowest BCUT2D eigenvalue weighted by Gasteiger charge is -2.12. The van der Waals surface area contributed by atoms with Crippen molar-refractivity contribution in [3.05, 3.63) is 72.6 Å². The first-order valence-electron chi connectivity index (χ1n) is 7.16. The Morgan fingerprint density at radius 1 is 1.09 bits per heavy atom. The van der Waals surface area contributed by atoms with E-state index in [1.807, 2.05) is 54.6 Å². The maximum absolute atomic E-state index is 12.1. The monoisotopic (exact) mass is 291 g/mol. The van der Waals surface area contributed by atoms with Crippen LogP contribution in [0, 0.1) is 0 Å². The van der Waals surface area contributed by atoms with Crippen molar-refractivity contribution in [2.45, 2.75) is 12.5 Å². The van der Waals surface area contributed by atoms with Crippen LogP contribution in [-0.2, 0) is 4.79 Å². The summed E-state index contributed by atoms with van der Waals surface area (Å²) in [5, 5.41) is 4.98. The van der Waals surface area contributed by atoms with E-state index < -0.39 is 0 Å². The zero-order valence-electron chi connectivity index (χ0n) is 12.1. The number of fused-ring (bicyclic) bond motifs is 1. The Kier molecular flexibility index (Phi) is 4.12. The molecule has 0 fully saturated rings. The quantitative estimate of drug-likeness (QED) is 0.775. The van der Waals surface area contributed by atoms with E-state index in [4.69, 9.17) is 5.73 Å². The highest BCUT2D eigenvalue weighted by molar-refractivity contribution is 5.94. The first-order chi connectivity index (χ1) is 10.7. The summed E-state index contributed by atoms with van der Waals surface area (Å²) in [7, 11) is 0. The second kappa shape index (κ2) is 6.37. The van der Waals surface area contributed by atoms with Crippen molar-refractivity contribution in [3.8, 4) is 0 Å². The predicted molar refractivity (Wildman–Crippen MR) is 88.4 cm³/mol. The fourth-order valence-electron chi connectivity index (χ4n) is 2.39. The number of rotatable bonds is 4. The van der Waals surface area contributed by atoms with Crippen LogP contribution in [0.1, 0.15) is 18.0 Å². The van der Waals surface area contributed by atoms with Crippen molar-refractivity contribution in [1.82, 2.24) is 4.98 Å². The van der Waals surface area contributed by atoms with Crippen LogP contribution in [0.3, 0.4) is 0 Å². The summed E-state index contributed by atoms with van der Waals surface area (Å²) in [6.45, 7) is 0. The molecule has 0 aliphatic heterocycles. The van der Waals surface area contributed by atoms with Gasteiger partial charge in [-0.05, 0) is 29.1 Å². The van der Waals surface area contributed by atoms with Gasteiger partial charge in [0.2, 0.25) is 5.91 Å². The lowest BCUT2D eigenvalue weighted by atomic mass is 10.0. The third kappa shape index (κ3) is 3.30. The standard InChI is InChI=1S/C18H17N3O/c19-17(13-4-2-1-3-5-13)11-18(22)21-16-7-6-15-12-20-9-8-14(15)10-16/h1-10,12,17H,11,19H2,(H,21,22)/t17-/m0/s1. The molecule has 3 rings (SSSR count). The lowest BCUT2D eigenvalue weighted by molar-refractivity contribution is -0.116. The van der Waals surface area contributed by atoms with Crippen molar-refractivity contribution in [2.24, 2.45) is 5.73 Å². The van der Waals surface area contributed by atoms with Gasteiger partial charge in [-0.3, -0.25) is 9.78 Å². The molecule has 0 bridgehead atoms. The molecule has 0 aliphatic carbocycles. The van der Waals surface area contributed by atoms with E-state index in [1.54, 1.807) is 12.4 Å². The molecule has 1 amide bonds. The number of amides is 1. The number of nitrogens with two attached hydrogens (primary N) is 1.